The molecule has 10 rings (SSSR count). The maximum absolute atomic E-state index is 13.4. The highest BCUT2D eigenvalue weighted by atomic mass is 32.2. The lowest BCUT2D eigenvalue weighted by atomic mass is 10.3. The average Bonchev–Trinajstić information content (AvgIpc) is 1.61. The van der Waals surface area contributed by atoms with Crippen LogP contribution in [0.25, 0.3) is 0 Å². The monoisotopic (exact) mass is 1330 g/mol. The second-order valence-electron chi connectivity index (χ2n) is 17.9. The highest BCUT2D eigenvalue weighted by Gasteiger charge is 2.33. The topological polar surface area (TPSA) is 198 Å². The fraction of sp³-hybridized carbons (Fsp3) is 0.0290. The van der Waals surface area contributed by atoms with Gasteiger partial charge in [0, 0.05) is 11.0 Å². The van der Waals surface area contributed by atoms with Gasteiger partial charge in [-0.25, -0.2) is 38.8 Å². The van der Waals surface area contributed by atoms with Gasteiger partial charge in [0.15, 0.2) is 55.7 Å². The van der Waals surface area contributed by atoms with Crippen molar-refractivity contribution in [3.05, 3.63) is 333 Å². The van der Waals surface area contributed by atoms with Gasteiger partial charge in [0.1, 0.15) is 25.1 Å². The molecule has 90 heavy (non-hydrogen) atoms. The molecule has 0 spiro atoms. The van der Waals surface area contributed by atoms with E-state index in [9.17, 15) is 61.3 Å². The second-order valence-corrected chi connectivity index (χ2v) is 28.1. The third-order valence-corrected chi connectivity index (χ3v) is 19.9. The third kappa shape index (κ3) is 23.4. The van der Waals surface area contributed by atoms with Crippen LogP contribution in [0.2, 0.25) is 0 Å². The second kappa shape index (κ2) is 36.1. The molecular weight excluding hydrogens is 1270 g/mol. The molecule has 0 radical (unpaired) electrons. The van der Waals surface area contributed by atoms with E-state index in [-0.39, 0.29) is 38.3 Å². The minimum Gasteiger partial charge on any atom is -0.748 e. The summed E-state index contributed by atoms with van der Waals surface area (Å²) in [6.45, 7) is 9.94. The Bertz CT molecular complexity index is 3610. The average molecular weight is 1330 g/mol. The van der Waals surface area contributed by atoms with Gasteiger partial charge in [0.2, 0.25) is 17.4 Å². The zero-order valence-corrected chi connectivity index (χ0v) is 52.8. The summed E-state index contributed by atoms with van der Waals surface area (Å²) >= 11 is 0. The van der Waals surface area contributed by atoms with Gasteiger partial charge in [0.05, 0.1) is 48.6 Å². The molecule has 0 aromatic heterocycles. The quantitative estimate of drug-likeness (QED) is 0.0138. The van der Waals surface area contributed by atoms with Gasteiger partial charge in [-0.3, -0.25) is 0 Å². The van der Waals surface area contributed by atoms with E-state index in [4.69, 9.17) is 0 Å². The Hall–Kier alpha value is -8.61. The van der Waals surface area contributed by atoms with E-state index in [1.54, 1.807) is 0 Å². The predicted octanol–water partition coefficient (Wildman–Crippen LogP) is 15.4. The maximum atomic E-state index is 13.4. The van der Waals surface area contributed by atoms with Crippen LogP contribution < -0.4 is 4.74 Å². The van der Waals surface area contributed by atoms with Crippen molar-refractivity contribution in [2.75, 3.05) is 5.75 Å². The van der Waals surface area contributed by atoms with Gasteiger partial charge in [-0.15, -0.1) is 6.58 Å². The molecule has 0 N–H and O–H groups in total. The number of halogens is 4. The molecule has 0 atom stereocenters. The SMILES string of the molecule is C=C(C)C(=O)Oc1c(F)c(F)c(S(=O)(=O)[O-])c(F)c1F.C=CCS(=O)(=O)[O-].C=CS(=O)(=O)[O-].c1ccc([S+](c2ccccc2)c2ccccc2)cc1.c1ccc([S+](c2ccccc2)c2ccccc2)cc1.c1ccc([S+](c2ccccc2)c2ccccc2)cc1. The molecule has 0 heterocycles. The lowest BCUT2D eigenvalue weighted by Gasteiger charge is -2.13. The Morgan fingerprint density at radius 2 is 0.589 bits per heavy atom. The number of esters is 1. The largest absolute Gasteiger partial charge is 0.748 e. The standard InChI is InChI=1S/3C18H15S.C10H6F4O5S.C3H6O3S.C2H4O3S/c3*1-4-10-16(11-5-1)19(17-12-6-2-7-13-17)18-14-8-3-9-15-18;1-3(2)10(15)19-8-4(11)6(13)9(20(16,17)18)7(14)5(8)12;1-2-3-7(4,5)6;1-2-6(3,4)5/h3*1-15H;1H2,2H3,(H,16,17,18);2H,1,3H2,(H,4,5,6);2H,1H2,(H,3,4,5)/q3*+1;;;/p-3. The molecular formula is C69H58F4O11S6. The summed E-state index contributed by atoms with van der Waals surface area (Å²) < 4.78 is 146. The zero-order valence-electron chi connectivity index (χ0n) is 47.9. The number of hydrogen-bond donors (Lipinski definition) is 0. The lowest BCUT2D eigenvalue weighted by molar-refractivity contribution is -0.130. The van der Waals surface area contributed by atoms with E-state index < -0.39 is 76.0 Å². The zero-order chi connectivity index (χ0) is 65.7. The summed E-state index contributed by atoms with van der Waals surface area (Å²) in [7, 11) is -14.0. The minimum absolute atomic E-state index is 0.0146. The Morgan fingerprint density at radius 1 is 0.400 bits per heavy atom. The first kappa shape index (κ1) is 72.1. The van der Waals surface area contributed by atoms with Crippen LogP contribution in [0.15, 0.2) is 359 Å². The van der Waals surface area contributed by atoms with Gasteiger partial charge in [-0.1, -0.05) is 183 Å². The normalized spacial score (nSPS) is 10.8. The predicted molar refractivity (Wildman–Crippen MR) is 344 cm³/mol. The first-order chi connectivity index (χ1) is 42.9. The molecule has 10 aromatic carbocycles. The van der Waals surface area contributed by atoms with Crippen molar-refractivity contribution in [1.29, 1.82) is 0 Å². The summed E-state index contributed by atoms with van der Waals surface area (Å²) in [6.07, 6.45) is 1.06. The minimum atomic E-state index is -5.81. The van der Waals surface area contributed by atoms with E-state index in [1.165, 1.54) is 44.1 Å². The molecule has 0 aliphatic heterocycles. The molecule has 21 heteroatoms. The fourth-order valence-electron chi connectivity index (χ4n) is 7.46. The van der Waals surface area contributed by atoms with Crippen LogP contribution in [-0.4, -0.2) is 50.6 Å². The summed E-state index contributed by atoms with van der Waals surface area (Å²) in [4.78, 5) is 21.0. The van der Waals surface area contributed by atoms with Crippen molar-refractivity contribution in [3.8, 4) is 5.75 Å². The summed E-state index contributed by atoms with van der Waals surface area (Å²) in [5.74, 6) is -13.3. The number of carbonyl (C=O) groups is 1. The van der Waals surface area contributed by atoms with Crippen molar-refractivity contribution >= 4 is 69.0 Å². The maximum Gasteiger partial charge on any atom is 0.338 e. The van der Waals surface area contributed by atoms with Crippen molar-refractivity contribution in [2.45, 2.75) is 55.9 Å². The number of hydrogen-bond acceptors (Lipinski definition) is 11. The van der Waals surface area contributed by atoms with Crippen LogP contribution in [0.4, 0.5) is 17.6 Å². The van der Waals surface area contributed by atoms with Crippen molar-refractivity contribution in [2.24, 2.45) is 0 Å². The molecule has 0 saturated heterocycles. The number of rotatable bonds is 15. The Morgan fingerprint density at radius 3 is 0.711 bits per heavy atom. The van der Waals surface area contributed by atoms with E-state index in [0.29, 0.717) is 5.41 Å². The number of benzene rings is 10. The smallest absolute Gasteiger partial charge is 0.338 e. The summed E-state index contributed by atoms with van der Waals surface area (Å²) in [5.41, 5.74) is -0.342. The van der Waals surface area contributed by atoms with Crippen LogP contribution in [-0.2, 0) is 67.8 Å². The van der Waals surface area contributed by atoms with E-state index in [2.05, 4.69) is 297 Å². The van der Waals surface area contributed by atoms with Crippen LogP contribution in [0.3, 0.4) is 0 Å². The fourth-order valence-corrected chi connectivity index (χ4v) is 14.7. The number of ether oxygens (including phenoxy) is 1. The van der Waals surface area contributed by atoms with Gasteiger partial charge >= 0.3 is 5.97 Å². The highest BCUT2D eigenvalue weighted by Crippen LogP contribution is 2.35. The molecule has 0 saturated carbocycles. The molecule has 0 bridgehead atoms. The molecule has 11 nitrogen and oxygen atoms in total. The lowest BCUT2D eigenvalue weighted by Crippen LogP contribution is -2.16. The van der Waals surface area contributed by atoms with Crippen LogP contribution in [0.1, 0.15) is 6.92 Å². The Labute approximate surface area is 531 Å². The van der Waals surface area contributed by atoms with Crippen LogP contribution in [0.5, 0.6) is 5.75 Å². The molecule has 0 amide bonds. The highest BCUT2D eigenvalue weighted by molar-refractivity contribution is 7.97. The van der Waals surface area contributed by atoms with Crippen molar-refractivity contribution in [3.63, 3.8) is 0 Å². The van der Waals surface area contributed by atoms with Crippen LogP contribution >= 0.6 is 0 Å². The van der Waals surface area contributed by atoms with Crippen molar-refractivity contribution < 1.29 is 66.0 Å². The molecule has 0 unspecified atom stereocenters. The van der Waals surface area contributed by atoms with Gasteiger partial charge in [0.25, 0.3) is 0 Å². The molecule has 0 aliphatic carbocycles. The molecule has 0 aliphatic rings. The molecule has 10 aromatic rings. The van der Waals surface area contributed by atoms with Crippen molar-refractivity contribution in [1.82, 2.24) is 0 Å². The van der Waals surface area contributed by atoms with Gasteiger partial charge in [-0.05, 0) is 116 Å². The van der Waals surface area contributed by atoms with E-state index in [0.717, 1.165) is 13.0 Å². The van der Waals surface area contributed by atoms with E-state index in [1.807, 2.05) is 0 Å². The first-order valence-electron chi connectivity index (χ1n) is 26.5. The Balaban J connectivity index is 0.000000204. The third-order valence-electron chi connectivity index (χ3n) is 11.3. The summed E-state index contributed by atoms with van der Waals surface area (Å²) in [6, 6.07) is 96.5. The molecule has 0 fully saturated rings. The van der Waals surface area contributed by atoms with Gasteiger partial charge < -0.3 is 18.4 Å². The van der Waals surface area contributed by atoms with E-state index >= 15 is 0 Å². The van der Waals surface area contributed by atoms with Gasteiger partial charge in [-0.2, -0.15) is 8.78 Å². The first-order valence-corrected chi connectivity index (χ1v) is 34.6. The summed E-state index contributed by atoms with van der Waals surface area (Å²) in [5, 5.41) is 0.354. The van der Waals surface area contributed by atoms with Crippen LogP contribution in [0, 0.1) is 23.3 Å². The molecule has 464 valence electrons. The number of carbonyl (C=O) groups excluding carboxylic acids is 1. The Kier molecular flexibility index (Phi) is 29.0.